The molecule has 3 nitrogen and oxygen atoms in total. The van der Waals surface area contributed by atoms with Crippen molar-refractivity contribution < 1.29 is 0 Å². The number of aromatic nitrogens is 2. The van der Waals surface area contributed by atoms with Crippen molar-refractivity contribution in [2.24, 2.45) is 0 Å². The molecule has 1 heterocycles. The van der Waals surface area contributed by atoms with Crippen molar-refractivity contribution in [1.29, 1.82) is 0 Å². The Morgan fingerprint density at radius 1 is 1.25 bits per heavy atom. The molecule has 3 rings (SSSR count). The first-order valence-electron chi connectivity index (χ1n) is 5.53. The summed E-state index contributed by atoms with van der Waals surface area (Å²) in [5.41, 5.74) is 1.27. The van der Waals surface area contributed by atoms with Gasteiger partial charge in [0.1, 0.15) is 5.82 Å². The highest BCUT2D eigenvalue weighted by Crippen LogP contribution is 2.39. The molecule has 0 spiro atoms. The molecule has 1 aliphatic rings. The quantitative estimate of drug-likeness (QED) is 0.879. The average Bonchev–Trinajstić information content (AvgIpc) is 3.08. The second-order valence-corrected chi connectivity index (χ2v) is 4.82. The molecule has 4 heteroatoms. The SMILES string of the molecule is c1ccc(CNc2nc(C3CC3)ns2)cc1. The van der Waals surface area contributed by atoms with Gasteiger partial charge in [-0.15, -0.1) is 0 Å². The third kappa shape index (κ3) is 2.22. The van der Waals surface area contributed by atoms with Crippen LogP contribution in [-0.4, -0.2) is 9.36 Å². The summed E-state index contributed by atoms with van der Waals surface area (Å²) in [4.78, 5) is 4.48. The lowest BCUT2D eigenvalue weighted by Crippen LogP contribution is -1.98. The molecule has 0 saturated heterocycles. The van der Waals surface area contributed by atoms with Crippen LogP contribution in [0.25, 0.3) is 0 Å². The maximum absolute atomic E-state index is 4.48. The maximum Gasteiger partial charge on any atom is 0.202 e. The van der Waals surface area contributed by atoms with E-state index in [-0.39, 0.29) is 0 Å². The second kappa shape index (κ2) is 4.22. The van der Waals surface area contributed by atoms with Gasteiger partial charge in [-0.25, -0.2) is 4.98 Å². The monoisotopic (exact) mass is 231 g/mol. The second-order valence-electron chi connectivity index (χ2n) is 4.07. The minimum absolute atomic E-state index is 0.642. The van der Waals surface area contributed by atoms with Crippen LogP contribution in [0.2, 0.25) is 0 Å². The molecule has 0 radical (unpaired) electrons. The smallest absolute Gasteiger partial charge is 0.202 e. The molecule has 1 fully saturated rings. The van der Waals surface area contributed by atoms with E-state index in [9.17, 15) is 0 Å². The molecule has 1 N–H and O–H groups in total. The molecule has 0 aliphatic heterocycles. The van der Waals surface area contributed by atoms with Crippen LogP contribution in [0, 0.1) is 0 Å². The Morgan fingerprint density at radius 2 is 2.06 bits per heavy atom. The zero-order valence-corrected chi connectivity index (χ0v) is 9.70. The van der Waals surface area contributed by atoms with Crippen molar-refractivity contribution in [3.8, 4) is 0 Å². The summed E-state index contributed by atoms with van der Waals surface area (Å²) < 4.78 is 4.36. The van der Waals surface area contributed by atoms with E-state index in [1.807, 2.05) is 18.2 Å². The molecular formula is C12H13N3S. The fourth-order valence-electron chi connectivity index (χ4n) is 1.59. The van der Waals surface area contributed by atoms with E-state index in [2.05, 4.69) is 26.8 Å². The summed E-state index contributed by atoms with van der Waals surface area (Å²) in [7, 11) is 0. The lowest BCUT2D eigenvalue weighted by atomic mass is 10.2. The highest BCUT2D eigenvalue weighted by Gasteiger charge is 2.27. The molecule has 0 bridgehead atoms. The maximum atomic E-state index is 4.48. The number of nitrogens with zero attached hydrogens (tertiary/aromatic N) is 2. The first-order chi connectivity index (χ1) is 7.92. The van der Waals surface area contributed by atoms with Crippen LogP contribution in [0.1, 0.15) is 30.1 Å². The van der Waals surface area contributed by atoms with Crippen molar-refractivity contribution in [2.75, 3.05) is 5.32 Å². The van der Waals surface area contributed by atoms with Gasteiger partial charge in [-0.1, -0.05) is 30.3 Å². The molecule has 0 unspecified atom stereocenters. The highest BCUT2D eigenvalue weighted by atomic mass is 32.1. The zero-order chi connectivity index (χ0) is 10.8. The fourth-order valence-corrected chi connectivity index (χ4v) is 2.23. The number of hydrogen-bond donors (Lipinski definition) is 1. The molecule has 0 atom stereocenters. The van der Waals surface area contributed by atoms with Crippen molar-refractivity contribution in [3.05, 3.63) is 41.7 Å². The molecule has 1 aliphatic carbocycles. The summed E-state index contributed by atoms with van der Waals surface area (Å²) in [5.74, 6) is 1.67. The van der Waals surface area contributed by atoms with E-state index in [1.165, 1.54) is 29.9 Å². The summed E-state index contributed by atoms with van der Waals surface area (Å²) in [6, 6.07) is 10.3. The largest absolute Gasteiger partial charge is 0.356 e. The Kier molecular flexibility index (Phi) is 2.58. The van der Waals surface area contributed by atoms with Crippen LogP contribution in [0.5, 0.6) is 0 Å². The molecule has 2 aromatic rings. The predicted octanol–water partition coefficient (Wildman–Crippen LogP) is 3.03. The van der Waals surface area contributed by atoms with Crippen LogP contribution in [0.15, 0.2) is 30.3 Å². The van der Waals surface area contributed by atoms with E-state index in [1.54, 1.807) is 0 Å². The summed E-state index contributed by atoms with van der Waals surface area (Å²) in [6.45, 7) is 0.820. The number of rotatable bonds is 4. The van der Waals surface area contributed by atoms with Gasteiger partial charge in [-0.05, 0) is 18.4 Å². The molecular weight excluding hydrogens is 218 g/mol. The molecule has 16 heavy (non-hydrogen) atoms. The first-order valence-corrected chi connectivity index (χ1v) is 6.30. The topological polar surface area (TPSA) is 37.8 Å². The third-order valence-electron chi connectivity index (χ3n) is 2.67. The van der Waals surface area contributed by atoms with Gasteiger partial charge in [0.25, 0.3) is 0 Å². The standard InChI is InChI=1S/C12H13N3S/c1-2-4-9(5-3-1)8-13-12-14-11(15-16-12)10-6-7-10/h1-5,10H,6-8H2,(H,13,14,15). The molecule has 0 amide bonds. The number of hydrogen-bond acceptors (Lipinski definition) is 4. The summed E-state index contributed by atoms with van der Waals surface area (Å²) in [6.07, 6.45) is 2.52. The van der Waals surface area contributed by atoms with Gasteiger partial charge >= 0.3 is 0 Å². The van der Waals surface area contributed by atoms with Crippen LogP contribution >= 0.6 is 11.5 Å². The average molecular weight is 231 g/mol. The Hall–Kier alpha value is -1.42. The zero-order valence-electron chi connectivity index (χ0n) is 8.89. The van der Waals surface area contributed by atoms with Gasteiger partial charge in [-0.2, -0.15) is 4.37 Å². The highest BCUT2D eigenvalue weighted by molar-refractivity contribution is 7.09. The van der Waals surface area contributed by atoms with Gasteiger partial charge in [0, 0.05) is 24.0 Å². The van der Waals surface area contributed by atoms with Gasteiger partial charge in [0.05, 0.1) is 0 Å². The van der Waals surface area contributed by atoms with Crippen LogP contribution < -0.4 is 5.32 Å². The predicted molar refractivity (Wildman–Crippen MR) is 65.7 cm³/mol. The van der Waals surface area contributed by atoms with E-state index >= 15 is 0 Å². The summed E-state index contributed by atoms with van der Waals surface area (Å²) >= 11 is 1.46. The van der Waals surface area contributed by atoms with E-state index in [4.69, 9.17) is 0 Å². The molecule has 82 valence electrons. The van der Waals surface area contributed by atoms with Gasteiger partial charge in [-0.3, -0.25) is 0 Å². The van der Waals surface area contributed by atoms with Crippen LogP contribution in [0.3, 0.4) is 0 Å². The van der Waals surface area contributed by atoms with Crippen LogP contribution in [-0.2, 0) is 6.54 Å². The van der Waals surface area contributed by atoms with E-state index in [0.717, 1.165) is 17.5 Å². The first kappa shape index (κ1) is 9.78. The van der Waals surface area contributed by atoms with Crippen LogP contribution in [0.4, 0.5) is 5.13 Å². The Balaban J connectivity index is 1.61. The normalized spacial score (nSPS) is 15.0. The van der Waals surface area contributed by atoms with Gasteiger partial charge in [0.15, 0.2) is 0 Å². The van der Waals surface area contributed by atoms with E-state index in [0.29, 0.717) is 5.92 Å². The fraction of sp³-hybridized carbons (Fsp3) is 0.333. The number of nitrogens with one attached hydrogen (secondary N) is 1. The van der Waals surface area contributed by atoms with Crippen molar-refractivity contribution in [1.82, 2.24) is 9.36 Å². The Labute approximate surface area is 98.7 Å². The van der Waals surface area contributed by atoms with Crippen molar-refractivity contribution in [2.45, 2.75) is 25.3 Å². The number of benzene rings is 1. The van der Waals surface area contributed by atoms with Crippen molar-refractivity contribution >= 4 is 16.7 Å². The molecule has 1 aromatic heterocycles. The Bertz CT molecular complexity index is 462. The molecule has 1 aromatic carbocycles. The van der Waals surface area contributed by atoms with Gasteiger partial charge < -0.3 is 5.32 Å². The lowest BCUT2D eigenvalue weighted by molar-refractivity contribution is 0.980. The lowest BCUT2D eigenvalue weighted by Gasteiger charge is -2.00. The minimum Gasteiger partial charge on any atom is -0.356 e. The van der Waals surface area contributed by atoms with E-state index < -0.39 is 0 Å². The number of anilines is 1. The summed E-state index contributed by atoms with van der Waals surface area (Å²) in [5, 5.41) is 4.24. The third-order valence-corrected chi connectivity index (χ3v) is 3.36. The Morgan fingerprint density at radius 3 is 2.81 bits per heavy atom. The molecule has 1 saturated carbocycles. The van der Waals surface area contributed by atoms with Crippen molar-refractivity contribution in [3.63, 3.8) is 0 Å². The van der Waals surface area contributed by atoms with Gasteiger partial charge in [0.2, 0.25) is 5.13 Å². The minimum atomic E-state index is 0.642.